The predicted octanol–water partition coefficient (Wildman–Crippen LogP) is 4.13. The molecule has 6 heteroatoms. The molecule has 1 atom stereocenters. The van der Waals surface area contributed by atoms with Crippen LogP contribution in [0.2, 0.25) is 10.0 Å². The molecule has 0 fully saturated rings. The summed E-state index contributed by atoms with van der Waals surface area (Å²) in [6.45, 7) is 2.14. The number of hydrogen-bond donors (Lipinski definition) is 0. The average molecular weight is 364 g/mol. The lowest BCUT2D eigenvalue weighted by atomic mass is 10.2. The van der Waals surface area contributed by atoms with Crippen molar-refractivity contribution in [2.24, 2.45) is 0 Å². The van der Waals surface area contributed by atoms with Gasteiger partial charge >= 0.3 is 5.97 Å². The van der Waals surface area contributed by atoms with Crippen LogP contribution in [0.3, 0.4) is 0 Å². The maximum atomic E-state index is 12.6. The molecule has 124 valence electrons. The van der Waals surface area contributed by atoms with Crippen LogP contribution < -0.4 is 4.90 Å². The highest BCUT2D eigenvalue weighted by Gasteiger charge is 2.30. The number of amides is 1. The van der Waals surface area contributed by atoms with Gasteiger partial charge in [-0.25, -0.2) is 4.79 Å². The van der Waals surface area contributed by atoms with Crippen molar-refractivity contribution in [1.29, 1.82) is 0 Å². The first-order chi connectivity index (χ1) is 11.5. The molecule has 1 unspecified atom stereocenters. The number of fused-ring (bicyclic) bond motifs is 1. The molecule has 24 heavy (non-hydrogen) atoms. The first-order valence-corrected chi connectivity index (χ1v) is 8.29. The van der Waals surface area contributed by atoms with Crippen molar-refractivity contribution in [3.05, 3.63) is 63.6 Å². The van der Waals surface area contributed by atoms with Crippen molar-refractivity contribution in [3.63, 3.8) is 0 Å². The molecular formula is C18H15Cl2NO3. The van der Waals surface area contributed by atoms with Crippen LogP contribution in [-0.4, -0.2) is 24.5 Å². The number of nitrogens with zero attached hydrogens (tertiary/aromatic N) is 1. The highest BCUT2D eigenvalue weighted by molar-refractivity contribution is 6.43. The SMILES string of the molecule is CC(OC(=O)c1cccc(Cl)c1Cl)C(=O)N1CCc2ccccc21. The molecule has 1 aliphatic heterocycles. The quantitative estimate of drug-likeness (QED) is 0.770. The summed E-state index contributed by atoms with van der Waals surface area (Å²) in [5.41, 5.74) is 2.12. The Kier molecular flexibility index (Phi) is 4.78. The van der Waals surface area contributed by atoms with Crippen molar-refractivity contribution >= 4 is 40.8 Å². The molecule has 2 aromatic carbocycles. The Labute approximate surface area is 149 Å². The number of ether oxygens (including phenoxy) is 1. The van der Waals surface area contributed by atoms with Crippen LogP contribution in [0.1, 0.15) is 22.8 Å². The number of rotatable bonds is 3. The van der Waals surface area contributed by atoms with Crippen LogP contribution in [0, 0.1) is 0 Å². The summed E-state index contributed by atoms with van der Waals surface area (Å²) >= 11 is 11.9. The second-order valence-corrected chi connectivity index (χ2v) is 6.30. The van der Waals surface area contributed by atoms with Crippen molar-refractivity contribution in [2.45, 2.75) is 19.4 Å². The molecular weight excluding hydrogens is 349 g/mol. The maximum Gasteiger partial charge on any atom is 0.340 e. The van der Waals surface area contributed by atoms with Gasteiger partial charge in [0.05, 0.1) is 15.6 Å². The summed E-state index contributed by atoms with van der Waals surface area (Å²) < 4.78 is 5.29. The molecule has 4 nitrogen and oxygen atoms in total. The third-order valence-electron chi connectivity index (χ3n) is 3.96. The van der Waals surface area contributed by atoms with E-state index < -0.39 is 12.1 Å². The molecule has 1 heterocycles. The lowest BCUT2D eigenvalue weighted by molar-refractivity contribution is -0.126. The van der Waals surface area contributed by atoms with Gasteiger partial charge in [-0.05, 0) is 37.1 Å². The number of anilines is 1. The summed E-state index contributed by atoms with van der Waals surface area (Å²) in [5, 5.41) is 0.383. The number of para-hydroxylation sites is 1. The Morgan fingerprint density at radius 3 is 2.67 bits per heavy atom. The van der Waals surface area contributed by atoms with Gasteiger partial charge in [0, 0.05) is 12.2 Å². The Balaban J connectivity index is 1.73. The van der Waals surface area contributed by atoms with E-state index in [0.29, 0.717) is 6.54 Å². The number of halogens is 2. The number of carbonyl (C=O) groups is 2. The highest BCUT2D eigenvalue weighted by atomic mass is 35.5. The van der Waals surface area contributed by atoms with Gasteiger partial charge in [-0.15, -0.1) is 0 Å². The molecule has 0 saturated carbocycles. The third-order valence-corrected chi connectivity index (χ3v) is 4.78. The molecule has 0 aromatic heterocycles. The summed E-state index contributed by atoms with van der Waals surface area (Å²) in [5.74, 6) is -0.928. The minimum Gasteiger partial charge on any atom is -0.449 e. The van der Waals surface area contributed by atoms with Gasteiger partial charge in [0.2, 0.25) is 0 Å². The summed E-state index contributed by atoms with van der Waals surface area (Å²) in [4.78, 5) is 26.5. The van der Waals surface area contributed by atoms with Crippen molar-refractivity contribution in [3.8, 4) is 0 Å². The molecule has 0 saturated heterocycles. The van der Waals surface area contributed by atoms with E-state index in [4.69, 9.17) is 27.9 Å². The first-order valence-electron chi connectivity index (χ1n) is 7.53. The van der Waals surface area contributed by atoms with E-state index in [0.717, 1.165) is 17.7 Å². The average Bonchev–Trinajstić information content (AvgIpc) is 3.00. The fourth-order valence-electron chi connectivity index (χ4n) is 2.72. The topological polar surface area (TPSA) is 46.6 Å². The molecule has 0 spiro atoms. The zero-order valence-corrected chi connectivity index (χ0v) is 14.5. The largest absolute Gasteiger partial charge is 0.449 e. The third kappa shape index (κ3) is 3.12. The standard InChI is InChI=1S/C18H15Cl2NO3/c1-11(24-18(23)13-6-4-7-14(19)16(13)20)17(22)21-10-9-12-5-2-3-8-15(12)21/h2-8,11H,9-10H2,1H3. The highest BCUT2D eigenvalue weighted by Crippen LogP contribution is 2.29. The number of carbonyl (C=O) groups excluding carboxylic acids is 2. The van der Waals surface area contributed by atoms with Crippen LogP contribution in [0.4, 0.5) is 5.69 Å². The van der Waals surface area contributed by atoms with E-state index in [1.165, 1.54) is 6.07 Å². The smallest absolute Gasteiger partial charge is 0.340 e. The summed E-state index contributed by atoms with van der Waals surface area (Å²) in [7, 11) is 0. The normalized spacial score (nSPS) is 14.2. The van der Waals surface area contributed by atoms with Gasteiger partial charge in [0.25, 0.3) is 5.91 Å². The van der Waals surface area contributed by atoms with Crippen LogP contribution in [0.5, 0.6) is 0 Å². The Bertz CT molecular complexity index is 807. The van der Waals surface area contributed by atoms with E-state index in [1.807, 2.05) is 24.3 Å². The van der Waals surface area contributed by atoms with Crippen molar-refractivity contribution in [1.82, 2.24) is 0 Å². The summed E-state index contributed by atoms with van der Waals surface area (Å²) in [6, 6.07) is 12.4. The van der Waals surface area contributed by atoms with Gasteiger partial charge in [-0.2, -0.15) is 0 Å². The fraction of sp³-hybridized carbons (Fsp3) is 0.222. The second kappa shape index (κ2) is 6.83. The molecule has 1 aliphatic rings. The van der Waals surface area contributed by atoms with Crippen LogP contribution in [0.15, 0.2) is 42.5 Å². The second-order valence-electron chi connectivity index (χ2n) is 5.52. The lowest BCUT2D eigenvalue weighted by Gasteiger charge is -2.22. The Hall–Kier alpha value is -2.04. The Morgan fingerprint density at radius 1 is 1.12 bits per heavy atom. The van der Waals surface area contributed by atoms with Crippen molar-refractivity contribution in [2.75, 3.05) is 11.4 Å². The maximum absolute atomic E-state index is 12.6. The van der Waals surface area contributed by atoms with Gasteiger partial charge in [0.1, 0.15) is 0 Å². The minimum absolute atomic E-state index is 0.121. The minimum atomic E-state index is -0.918. The summed E-state index contributed by atoms with van der Waals surface area (Å²) in [6.07, 6.45) is -0.124. The Morgan fingerprint density at radius 2 is 1.88 bits per heavy atom. The molecule has 2 aromatic rings. The van der Waals surface area contributed by atoms with Crippen LogP contribution in [0.25, 0.3) is 0 Å². The van der Waals surface area contributed by atoms with E-state index >= 15 is 0 Å². The molecule has 1 amide bonds. The lowest BCUT2D eigenvalue weighted by Crippen LogP contribution is -2.39. The van der Waals surface area contributed by atoms with Crippen LogP contribution in [-0.2, 0) is 16.0 Å². The van der Waals surface area contributed by atoms with Gasteiger partial charge < -0.3 is 9.64 Å². The zero-order valence-electron chi connectivity index (χ0n) is 13.0. The van der Waals surface area contributed by atoms with E-state index in [-0.39, 0.29) is 21.5 Å². The fourth-order valence-corrected chi connectivity index (χ4v) is 3.10. The molecule has 0 bridgehead atoms. The molecule has 0 aliphatic carbocycles. The van der Waals surface area contributed by atoms with Gasteiger partial charge in [-0.1, -0.05) is 47.5 Å². The molecule has 3 rings (SSSR count). The zero-order chi connectivity index (χ0) is 17.3. The van der Waals surface area contributed by atoms with Crippen LogP contribution >= 0.6 is 23.2 Å². The monoisotopic (exact) mass is 363 g/mol. The predicted molar refractivity (Wildman–Crippen MR) is 93.8 cm³/mol. The van der Waals surface area contributed by atoms with E-state index in [2.05, 4.69) is 0 Å². The van der Waals surface area contributed by atoms with Gasteiger partial charge in [0.15, 0.2) is 6.10 Å². The number of benzene rings is 2. The first kappa shape index (κ1) is 16.8. The van der Waals surface area contributed by atoms with Gasteiger partial charge in [-0.3, -0.25) is 4.79 Å². The van der Waals surface area contributed by atoms with E-state index in [1.54, 1.807) is 24.0 Å². The molecule has 0 N–H and O–H groups in total. The van der Waals surface area contributed by atoms with E-state index in [9.17, 15) is 9.59 Å². The number of hydrogen-bond acceptors (Lipinski definition) is 3. The molecule has 0 radical (unpaired) electrons. The number of esters is 1. The van der Waals surface area contributed by atoms with Crippen molar-refractivity contribution < 1.29 is 14.3 Å².